The number of nitrogens with one attached hydrogen (secondary N) is 1. The van der Waals surface area contributed by atoms with Crippen LogP contribution in [0.1, 0.15) is 54.8 Å². The Morgan fingerprint density at radius 2 is 2.00 bits per heavy atom. The molecule has 33 heavy (non-hydrogen) atoms. The van der Waals surface area contributed by atoms with E-state index < -0.39 is 0 Å². The second-order valence-corrected chi connectivity index (χ2v) is 8.58. The van der Waals surface area contributed by atoms with E-state index in [0.29, 0.717) is 35.6 Å². The largest absolute Gasteiger partial charge is 0.395 e. The van der Waals surface area contributed by atoms with Gasteiger partial charge in [-0.3, -0.25) is 14.2 Å². The molecule has 0 aliphatic carbocycles. The number of rotatable bonds is 9. The number of carbonyl (C=O) groups excluding carboxylic acids is 1. The number of fused-ring (bicyclic) bond motifs is 1. The van der Waals surface area contributed by atoms with Crippen molar-refractivity contribution in [2.45, 2.75) is 40.2 Å². The minimum atomic E-state index is -0.279. The zero-order chi connectivity index (χ0) is 24.3. The van der Waals surface area contributed by atoms with Crippen molar-refractivity contribution in [3.05, 3.63) is 56.6 Å². The fourth-order valence-corrected chi connectivity index (χ4v) is 4.14. The molecule has 0 amide bonds. The van der Waals surface area contributed by atoms with Crippen LogP contribution in [0.4, 0.5) is 11.6 Å². The molecule has 1 aromatic carbocycles. The molecule has 0 aliphatic rings. The highest BCUT2D eigenvalue weighted by molar-refractivity contribution is 6.29. The summed E-state index contributed by atoms with van der Waals surface area (Å²) < 4.78 is 1.53. The van der Waals surface area contributed by atoms with Crippen LogP contribution in [0.3, 0.4) is 0 Å². The van der Waals surface area contributed by atoms with Crippen molar-refractivity contribution in [3.63, 3.8) is 0 Å². The van der Waals surface area contributed by atoms with Crippen molar-refractivity contribution in [2.24, 2.45) is 7.05 Å². The molecule has 0 bridgehead atoms. The van der Waals surface area contributed by atoms with E-state index in [4.69, 9.17) is 16.6 Å². The summed E-state index contributed by atoms with van der Waals surface area (Å²) in [4.78, 5) is 36.3. The van der Waals surface area contributed by atoms with E-state index in [1.807, 2.05) is 37.8 Å². The lowest BCUT2D eigenvalue weighted by Gasteiger charge is -2.25. The number of anilines is 2. The molecule has 9 heteroatoms. The molecule has 176 valence electrons. The SMILES string of the molecule is CCCN(CCO)c1nc2c(C(C)Nc3ccc(Cl)nc3C(C)=O)cc(C)cc2c(=O)n1C. The van der Waals surface area contributed by atoms with E-state index in [2.05, 4.69) is 10.3 Å². The number of aromatic nitrogens is 3. The maximum absolute atomic E-state index is 13.3. The molecule has 1 unspecified atom stereocenters. The Kier molecular flexibility index (Phi) is 7.71. The average molecular weight is 472 g/mol. The van der Waals surface area contributed by atoms with Crippen LogP contribution in [-0.2, 0) is 7.05 Å². The highest BCUT2D eigenvalue weighted by atomic mass is 35.5. The van der Waals surface area contributed by atoms with Crippen LogP contribution in [0.15, 0.2) is 29.1 Å². The summed E-state index contributed by atoms with van der Waals surface area (Å²) in [6.45, 7) is 8.37. The van der Waals surface area contributed by atoms with Crippen molar-refractivity contribution in [1.82, 2.24) is 14.5 Å². The molecule has 3 aromatic rings. The topological polar surface area (TPSA) is 100 Å². The van der Waals surface area contributed by atoms with Crippen LogP contribution < -0.4 is 15.8 Å². The fourth-order valence-electron chi connectivity index (χ4n) is 3.99. The van der Waals surface area contributed by atoms with Crippen LogP contribution in [0.2, 0.25) is 5.15 Å². The summed E-state index contributed by atoms with van der Waals surface area (Å²) in [5, 5.41) is 13.6. The highest BCUT2D eigenvalue weighted by Gasteiger charge is 2.20. The quantitative estimate of drug-likeness (QED) is 0.361. The van der Waals surface area contributed by atoms with Gasteiger partial charge >= 0.3 is 0 Å². The number of Topliss-reactive ketones (excluding diaryl/α,β-unsaturated/α-hetero) is 1. The molecule has 0 aliphatic heterocycles. The lowest BCUT2D eigenvalue weighted by Crippen LogP contribution is -2.34. The number of pyridine rings is 1. The van der Waals surface area contributed by atoms with Gasteiger partial charge in [0.2, 0.25) is 5.95 Å². The molecule has 1 atom stereocenters. The summed E-state index contributed by atoms with van der Waals surface area (Å²) in [7, 11) is 1.70. The van der Waals surface area contributed by atoms with Crippen LogP contribution >= 0.6 is 11.6 Å². The van der Waals surface area contributed by atoms with Gasteiger partial charge in [0, 0.05) is 32.6 Å². The second kappa shape index (κ2) is 10.3. The van der Waals surface area contributed by atoms with Crippen molar-refractivity contribution >= 4 is 39.9 Å². The Balaban J connectivity index is 2.16. The van der Waals surface area contributed by atoms with Gasteiger partial charge in [0.05, 0.1) is 29.2 Å². The van der Waals surface area contributed by atoms with Gasteiger partial charge in [-0.2, -0.15) is 0 Å². The number of nitrogens with zero attached hydrogens (tertiary/aromatic N) is 4. The number of halogens is 1. The second-order valence-electron chi connectivity index (χ2n) is 8.19. The minimum absolute atomic E-state index is 0.0377. The predicted octanol–water partition coefficient (Wildman–Crippen LogP) is 3.87. The first-order valence-electron chi connectivity index (χ1n) is 11.0. The smallest absolute Gasteiger partial charge is 0.262 e. The normalized spacial score (nSPS) is 12.1. The van der Waals surface area contributed by atoms with Crippen LogP contribution in [0, 0.1) is 6.92 Å². The molecule has 8 nitrogen and oxygen atoms in total. The maximum Gasteiger partial charge on any atom is 0.262 e. The van der Waals surface area contributed by atoms with Gasteiger partial charge in [-0.15, -0.1) is 0 Å². The summed E-state index contributed by atoms with van der Waals surface area (Å²) in [5.74, 6) is 0.313. The van der Waals surface area contributed by atoms with Gasteiger partial charge in [0.25, 0.3) is 5.56 Å². The highest BCUT2D eigenvalue weighted by Crippen LogP contribution is 2.29. The Bertz CT molecular complexity index is 1230. The van der Waals surface area contributed by atoms with Crippen molar-refractivity contribution in [1.29, 1.82) is 0 Å². The monoisotopic (exact) mass is 471 g/mol. The molecular formula is C24H30ClN5O3. The molecule has 0 saturated carbocycles. The Labute approximate surface area is 198 Å². The van der Waals surface area contributed by atoms with Crippen molar-refractivity contribution < 1.29 is 9.90 Å². The summed E-state index contributed by atoms with van der Waals surface area (Å²) in [6.07, 6.45) is 0.851. The molecule has 0 saturated heterocycles. The zero-order valence-electron chi connectivity index (χ0n) is 19.6. The third kappa shape index (κ3) is 5.17. The van der Waals surface area contributed by atoms with Gasteiger partial charge in [0.1, 0.15) is 10.8 Å². The number of aryl methyl sites for hydroxylation is 1. The van der Waals surface area contributed by atoms with Gasteiger partial charge in [0.15, 0.2) is 5.78 Å². The van der Waals surface area contributed by atoms with E-state index in [9.17, 15) is 14.7 Å². The predicted molar refractivity (Wildman–Crippen MR) is 133 cm³/mol. The van der Waals surface area contributed by atoms with E-state index >= 15 is 0 Å². The zero-order valence-corrected chi connectivity index (χ0v) is 20.4. The third-order valence-corrected chi connectivity index (χ3v) is 5.72. The van der Waals surface area contributed by atoms with Crippen molar-refractivity contribution in [2.75, 3.05) is 29.9 Å². The first-order chi connectivity index (χ1) is 15.7. The maximum atomic E-state index is 13.3. The average Bonchev–Trinajstić information content (AvgIpc) is 2.77. The molecule has 2 N–H and O–H groups in total. The van der Waals surface area contributed by atoms with E-state index in [0.717, 1.165) is 17.5 Å². The number of benzene rings is 1. The molecule has 0 spiro atoms. The summed E-state index contributed by atoms with van der Waals surface area (Å²) >= 11 is 5.98. The lowest BCUT2D eigenvalue weighted by atomic mass is 10.0. The van der Waals surface area contributed by atoms with E-state index in [1.165, 1.54) is 11.5 Å². The number of aliphatic hydroxyl groups is 1. The Morgan fingerprint density at radius 1 is 1.27 bits per heavy atom. The minimum Gasteiger partial charge on any atom is -0.395 e. The van der Waals surface area contributed by atoms with Gasteiger partial charge in [-0.05, 0) is 44.0 Å². The molecule has 0 radical (unpaired) electrons. The molecular weight excluding hydrogens is 442 g/mol. The fraction of sp³-hybridized carbons (Fsp3) is 0.417. The van der Waals surface area contributed by atoms with Crippen LogP contribution in [0.25, 0.3) is 10.9 Å². The van der Waals surface area contributed by atoms with E-state index in [1.54, 1.807) is 19.2 Å². The van der Waals surface area contributed by atoms with Gasteiger partial charge in [-0.1, -0.05) is 24.6 Å². The number of hydrogen-bond acceptors (Lipinski definition) is 7. The van der Waals surface area contributed by atoms with Gasteiger partial charge < -0.3 is 15.3 Å². The first kappa shape index (κ1) is 24.7. The molecule has 0 fully saturated rings. The lowest BCUT2D eigenvalue weighted by molar-refractivity contribution is 0.101. The van der Waals surface area contributed by atoms with Crippen LogP contribution in [0.5, 0.6) is 0 Å². The molecule has 2 aromatic heterocycles. The standard InChI is InChI=1S/C24H30ClN5O3/c1-6-9-30(10-11-31)24-28-22-17(12-14(2)13-18(22)23(33)29(24)5)15(3)26-19-7-8-20(25)27-21(19)16(4)32/h7-8,12-13,15,26,31H,6,9-11H2,1-5H3. The molecule has 2 heterocycles. The Morgan fingerprint density at radius 3 is 2.64 bits per heavy atom. The number of ketones is 1. The molecule has 3 rings (SSSR count). The number of hydrogen-bond donors (Lipinski definition) is 2. The van der Waals surface area contributed by atoms with E-state index in [-0.39, 0.29) is 34.8 Å². The van der Waals surface area contributed by atoms with Gasteiger partial charge in [-0.25, -0.2) is 9.97 Å². The third-order valence-electron chi connectivity index (χ3n) is 5.51. The number of aliphatic hydroxyl groups excluding tert-OH is 1. The number of carbonyl (C=O) groups is 1. The Hall–Kier alpha value is -2.97. The van der Waals surface area contributed by atoms with Crippen molar-refractivity contribution in [3.8, 4) is 0 Å². The first-order valence-corrected chi connectivity index (χ1v) is 11.4. The summed E-state index contributed by atoms with van der Waals surface area (Å²) in [6, 6.07) is 6.90. The van der Waals surface area contributed by atoms with Crippen LogP contribution in [-0.4, -0.2) is 45.1 Å². The summed E-state index contributed by atoms with van der Waals surface area (Å²) in [5.41, 5.74) is 3.01.